The minimum absolute atomic E-state index is 0.0215. The molecule has 0 saturated heterocycles. The predicted octanol–water partition coefficient (Wildman–Crippen LogP) is 2.88. The number of nitro groups is 1. The number of nitrogens with one attached hydrogen (secondary N) is 1. The highest BCUT2D eigenvalue weighted by Crippen LogP contribution is 2.30. The van der Waals surface area contributed by atoms with Crippen molar-refractivity contribution in [3.8, 4) is 0 Å². The van der Waals surface area contributed by atoms with E-state index in [1.54, 1.807) is 0 Å². The highest BCUT2D eigenvalue weighted by atomic mass is 19.4. The van der Waals surface area contributed by atoms with Crippen LogP contribution in [0.5, 0.6) is 0 Å². The van der Waals surface area contributed by atoms with E-state index >= 15 is 0 Å². The molecule has 1 aromatic carbocycles. The molecule has 0 aliphatic heterocycles. The molecule has 0 bridgehead atoms. The number of hydrogen-bond acceptors (Lipinski definition) is 6. The minimum atomic E-state index is -4.31. The lowest BCUT2D eigenvalue weighted by molar-refractivity contribution is -0.383. The van der Waals surface area contributed by atoms with Gasteiger partial charge in [-0.2, -0.15) is 13.2 Å². The van der Waals surface area contributed by atoms with E-state index in [-0.39, 0.29) is 22.4 Å². The van der Waals surface area contributed by atoms with E-state index in [4.69, 9.17) is 0 Å². The van der Waals surface area contributed by atoms with Gasteiger partial charge in [-0.15, -0.1) is 0 Å². The molecule has 20 heavy (non-hydrogen) atoms. The summed E-state index contributed by atoms with van der Waals surface area (Å²) in [6.07, 6.45) is -5.36. The zero-order valence-electron chi connectivity index (χ0n) is 10.1. The van der Waals surface area contributed by atoms with Gasteiger partial charge in [-0.3, -0.25) is 10.1 Å². The lowest BCUT2D eigenvalue weighted by Gasteiger charge is -2.16. The second kappa shape index (κ2) is 4.94. The van der Waals surface area contributed by atoms with Gasteiger partial charge in [-0.1, -0.05) is 0 Å². The highest BCUT2D eigenvalue weighted by Gasteiger charge is 2.30. The number of rotatable bonds is 4. The molecule has 2 rings (SSSR count). The summed E-state index contributed by atoms with van der Waals surface area (Å²) in [5, 5.41) is 20.2. The Morgan fingerprint density at radius 1 is 1.40 bits per heavy atom. The number of fused-ring (bicyclic) bond motifs is 1. The second-order valence-electron chi connectivity index (χ2n) is 4.22. The molecule has 2 aromatic rings. The molecule has 10 heteroatoms. The van der Waals surface area contributed by atoms with Gasteiger partial charge in [0.1, 0.15) is 0 Å². The van der Waals surface area contributed by atoms with Gasteiger partial charge in [-0.25, -0.2) is 4.63 Å². The monoisotopic (exact) mass is 290 g/mol. The van der Waals surface area contributed by atoms with E-state index in [2.05, 4.69) is 20.3 Å². The molecule has 0 amide bonds. The number of anilines is 1. The molecular formula is C10H9F3N4O3. The van der Waals surface area contributed by atoms with Gasteiger partial charge in [-0.05, 0) is 23.3 Å². The third-order valence-electron chi connectivity index (χ3n) is 2.53. The summed E-state index contributed by atoms with van der Waals surface area (Å²) < 4.78 is 41.2. The lowest BCUT2D eigenvalue weighted by Crippen LogP contribution is -2.24. The van der Waals surface area contributed by atoms with Crippen LogP contribution >= 0.6 is 0 Å². The Morgan fingerprint density at radius 2 is 2.05 bits per heavy atom. The molecular weight excluding hydrogens is 281 g/mol. The molecule has 1 heterocycles. The SMILES string of the molecule is CC(CC(F)(F)F)Nc1ccc([N+](=O)[O-])c2nonc12. The first-order chi connectivity index (χ1) is 9.28. The largest absolute Gasteiger partial charge is 0.391 e. The maximum Gasteiger partial charge on any atom is 0.391 e. The molecule has 1 aromatic heterocycles. The molecule has 1 atom stereocenters. The molecule has 0 saturated carbocycles. The van der Waals surface area contributed by atoms with Crippen LogP contribution in [-0.4, -0.2) is 27.5 Å². The van der Waals surface area contributed by atoms with Crippen molar-refractivity contribution < 1.29 is 22.7 Å². The van der Waals surface area contributed by atoms with Crippen molar-refractivity contribution >= 4 is 22.4 Å². The van der Waals surface area contributed by atoms with Gasteiger partial charge in [0.15, 0.2) is 5.52 Å². The first-order valence-corrected chi connectivity index (χ1v) is 5.51. The quantitative estimate of drug-likeness (QED) is 0.687. The highest BCUT2D eigenvalue weighted by molar-refractivity contribution is 5.93. The van der Waals surface area contributed by atoms with Gasteiger partial charge in [0.25, 0.3) is 0 Å². The third-order valence-corrected chi connectivity index (χ3v) is 2.53. The van der Waals surface area contributed by atoms with Gasteiger partial charge >= 0.3 is 11.9 Å². The van der Waals surface area contributed by atoms with Crippen molar-refractivity contribution in [3.63, 3.8) is 0 Å². The Balaban J connectivity index is 2.30. The summed E-state index contributed by atoms with van der Waals surface area (Å²) in [4.78, 5) is 10.1. The average Bonchev–Trinajstić information content (AvgIpc) is 2.75. The lowest BCUT2D eigenvalue weighted by atomic mass is 10.2. The van der Waals surface area contributed by atoms with Crippen molar-refractivity contribution in [2.24, 2.45) is 0 Å². The molecule has 0 aliphatic carbocycles. The zero-order valence-corrected chi connectivity index (χ0v) is 10.1. The van der Waals surface area contributed by atoms with Gasteiger partial charge in [0, 0.05) is 12.1 Å². The summed E-state index contributed by atoms with van der Waals surface area (Å²) in [5.41, 5.74) is -0.216. The molecule has 0 radical (unpaired) electrons. The molecule has 1 N–H and O–H groups in total. The van der Waals surface area contributed by atoms with Crippen molar-refractivity contribution in [3.05, 3.63) is 22.2 Å². The van der Waals surface area contributed by atoms with Crippen LogP contribution in [0.3, 0.4) is 0 Å². The summed E-state index contributed by atoms with van der Waals surface area (Å²) in [6, 6.07) is 1.49. The number of alkyl halides is 3. The summed E-state index contributed by atoms with van der Waals surface area (Å²) >= 11 is 0. The fraction of sp³-hybridized carbons (Fsp3) is 0.400. The Kier molecular flexibility index (Phi) is 3.47. The van der Waals surface area contributed by atoms with Crippen LogP contribution in [0, 0.1) is 10.1 Å². The Hall–Kier alpha value is -2.39. The summed E-state index contributed by atoms with van der Waals surface area (Å²) in [7, 11) is 0. The zero-order chi connectivity index (χ0) is 14.9. The van der Waals surface area contributed by atoms with E-state index in [1.165, 1.54) is 13.0 Å². The van der Waals surface area contributed by atoms with Crippen LogP contribution in [0.15, 0.2) is 16.8 Å². The topological polar surface area (TPSA) is 94.1 Å². The number of non-ortho nitro benzene ring substituents is 1. The number of nitro benzene ring substituents is 1. The van der Waals surface area contributed by atoms with Crippen LogP contribution in [0.1, 0.15) is 13.3 Å². The fourth-order valence-electron chi connectivity index (χ4n) is 1.78. The van der Waals surface area contributed by atoms with E-state index in [0.717, 1.165) is 6.07 Å². The Labute approximate surface area is 109 Å². The van der Waals surface area contributed by atoms with Gasteiger partial charge in [0.05, 0.1) is 17.0 Å². The van der Waals surface area contributed by atoms with Crippen molar-refractivity contribution in [2.45, 2.75) is 25.6 Å². The van der Waals surface area contributed by atoms with Crippen LogP contribution < -0.4 is 5.32 Å². The number of benzene rings is 1. The van der Waals surface area contributed by atoms with Crippen LogP contribution in [0.25, 0.3) is 11.0 Å². The van der Waals surface area contributed by atoms with Crippen LogP contribution in [-0.2, 0) is 0 Å². The standard InChI is InChI=1S/C10H9F3N4O3/c1-5(4-10(11,12)13)14-6-2-3-7(17(18)19)9-8(6)15-20-16-9/h2-3,5,14H,4H2,1H3. The van der Waals surface area contributed by atoms with E-state index in [0.29, 0.717) is 0 Å². The van der Waals surface area contributed by atoms with Gasteiger partial charge in [0.2, 0.25) is 5.52 Å². The number of hydrogen-bond donors (Lipinski definition) is 1. The second-order valence-corrected chi connectivity index (χ2v) is 4.22. The number of halogens is 3. The van der Waals surface area contributed by atoms with E-state index < -0.39 is 23.6 Å². The first-order valence-electron chi connectivity index (χ1n) is 5.51. The van der Waals surface area contributed by atoms with Crippen LogP contribution in [0.2, 0.25) is 0 Å². The smallest absolute Gasteiger partial charge is 0.380 e. The van der Waals surface area contributed by atoms with E-state index in [9.17, 15) is 23.3 Å². The van der Waals surface area contributed by atoms with E-state index in [1.807, 2.05) is 0 Å². The predicted molar refractivity (Wildman–Crippen MR) is 62.2 cm³/mol. The molecule has 108 valence electrons. The maximum atomic E-state index is 12.3. The molecule has 0 fully saturated rings. The average molecular weight is 290 g/mol. The minimum Gasteiger partial charge on any atom is -0.380 e. The molecule has 1 unspecified atom stereocenters. The summed E-state index contributed by atoms with van der Waals surface area (Å²) in [5.74, 6) is 0. The van der Waals surface area contributed by atoms with Crippen molar-refractivity contribution in [1.82, 2.24) is 10.3 Å². The summed E-state index contributed by atoms with van der Waals surface area (Å²) in [6.45, 7) is 1.34. The normalized spacial score (nSPS) is 13.4. The maximum absolute atomic E-state index is 12.3. The first kappa shape index (κ1) is 14.0. The van der Waals surface area contributed by atoms with Gasteiger partial charge < -0.3 is 5.32 Å². The fourth-order valence-corrected chi connectivity index (χ4v) is 1.78. The molecule has 0 aliphatic rings. The molecule has 0 spiro atoms. The Morgan fingerprint density at radius 3 is 2.65 bits per heavy atom. The molecule has 7 nitrogen and oxygen atoms in total. The van der Waals surface area contributed by atoms with Crippen molar-refractivity contribution in [2.75, 3.05) is 5.32 Å². The van der Waals surface area contributed by atoms with Crippen molar-refractivity contribution in [1.29, 1.82) is 0 Å². The number of aromatic nitrogens is 2. The third kappa shape index (κ3) is 2.95. The number of nitrogens with zero attached hydrogens (tertiary/aromatic N) is 3. The van der Waals surface area contributed by atoms with Crippen LogP contribution in [0.4, 0.5) is 24.5 Å². The Bertz CT molecular complexity index is 640.